The first-order valence-corrected chi connectivity index (χ1v) is 11.6. The Balaban J connectivity index is 2.14. The van der Waals surface area contributed by atoms with Crippen LogP contribution < -0.4 is 15.5 Å². The fraction of sp³-hybridized carbons (Fsp3) is 0.348. The maximum absolute atomic E-state index is 14.5. The lowest BCUT2D eigenvalue weighted by Crippen LogP contribution is -2.54. The molecule has 2 aromatic carbocycles. The Hall–Kier alpha value is -3.14. The highest BCUT2D eigenvalue weighted by atomic mass is 32.2. The van der Waals surface area contributed by atoms with Crippen LogP contribution in [0, 0.1) is 11.6 Å². The van der Waals surface area contributed by atoms with Crippen molar-refractivity contribution in [2.75, 3.05) is 21.7 Å². The average Bonchev–Trinajstić information content (AvgIpc) is 2.69. The fourth-order valence-electron chi connectivity index (χ4n) is 2.93. The molecule has 0 saturated carbocycles. The molecule has 33 heavy (non-hydrogen) atoms. The van der Waals surface area contributed by atoms with Crippen LogP contribution >= 0.6 is 0 Å². The Morgan fingerprint density at radius 1 is 1.00 bits per heavy atom. The maximum atomic E-state index is 14.5. The van der Waals surface area contributed by atoms with Crippen molar-refractivity contribution in [2.24, 2.45) is 0 Å². The molecule has 0 fully saturated rings. The van der Waals surface area contributed by atoms with E-state index in [4.69, 9.17) is 0 Å². The number of anilines is 2. The summed E-state index contributed by atoms with van der Waals surface area (Å²) in [4.78, 5) is 38.8. The van der Waals surface area contributed by atoms with Gasteiger partial charge < -0.3 is 10.6 Å². The van der Waals surface area contributed by atoms with Gasteiger partial charge in [0.2, 0.25) is 17.7 Å². The molecule has 0 aliphatic carbocycles. The van der Waals surface area contributed by atoms with E-state index < -0.39 is 63.2 Å². The summed E-state index contributed by atoms with van der Waals surface area (Å²) >= 11 is 0. The highest BCUT2D eigenvalue weighted by Gasteiger charge is 2.32. The molecule has 0 radical (unpaired) electrons. The van der Waals surface area contributed by atoms with Gasteiger partial charge in [-0.1, -0.05) is 12.1 Å². The number of nitrogens with one attached hydrogen (secondary N) is 2. The molecule has 7 nitrogen and oxygen atoms in total. The van der Waals surface area contributed by atoms with Gasteiger partial charge in [-0.3, -0.25) is 23.5 Å². The van der Waals surface area contributed by atoms with E-state index in [2.05, 4.69) is 10.6 Å². The lowest BCUT2D eigenvalue weighted by atomic mass is 10.1. The summed E-state index contributed by atoms with van der Waals surface area (Å²) in [6.07, 6.45) is 0. The van der Waals surface area contributed by atoms with E-state index in [1.165, 1.54) is 37.3 Å². The van der Waals surface area contributed by atoms with Crippen molar-refractivity contribution in [1.82, 2.24) is 5.32 Å². The molecular weight excluding hydrogens is 452 g/mol. The normalized spacial score (nSPS) is 13.0. The summed E-state index contributed by atoms with van der Waals surface area (Å²) in [5.74, 6) is -4.22. The van der Waals surface area contributed by atoms with E-state index in [9.17, 15) is 27.4 Å². The number of hydrogen-bond donors (Lipinski definition) is 2. The Kier molecular flexibility index (Phi) is 8.81. The number of para-hydroxylation sites is 1. The van der Waals surface area contributed by atoms with Gasteiger partial charge >= 0.3 is 0 Å². The molecule has 0 spiro atoms. The minimum absolute atomic E-state index is 0.133. The third kappa shape index (κ3) is 8.05. The predicted octanol–water partition coefficient (Wildman–Crippen LogP) is 2.99. The van der Waals surface area contributed by atoms with Gasteiger partial charge in [0.25, 0.3) is 0 Å². The van der Waals surface area contributed by atoms with E-state index in [-0.39, 0.29) is 5.69 Å². The lowest BCUT2D eigenvalue weighted by molar-refractivity contribution is -0.126. The Labute approximate surface area is 194 Å². The first-order valence-electron chi connectivity index (χ1n) is 10.2. The minimum atomic E-state index is -1.94. The number of carbonyl (C=O) groups excluding carboxylic acids is 3. The van der Waals surface area contributed by atoms with Gasteiger partial charge in [0.15, 0.2) is 0 Å². The maximum Gasteiger partial charge on any atom is 0.243 e. The first kappa shape index (κ1) is 26.1. The Bertz CT molecular complexity index is 1040. The molecular formula is C23H27F2N3O4S. The number of hydrogen-bond acceptors (Lipinski definition) is 4. The SMILES string of the molecule is C[C@@H](C(=O)NC(C)(C)C)N(C(=O)C[S@](=O)CC(=O)Nc1ccc(F)cc1)c1ccccc1F. The van der Waals surface area contributed by atoms with Gasteiger partial charge in [-0.2, -0.15) is 0 Å². The second kappa shape index (κ2) is 11.1. The van der Waals surface area contributed by atoms with Crippen molar-refractivity contribution in [3.05, 3.63) is 60.2 Å². The highest BCUT2D eigenvalue weighted by Crippen LogP contribution is 2.22. The molecule has 0 saturated heterocycles. The molecule has 0 aliphatic heterocycles. The van der Waals surface area contributed by atoms with Crippen LogP contribution in [-0.4, -0.2) is 45.0 Å². The molecule has 2 atom stereocenters. The molecule has 0 aliphatic rings. The Morgan fingerprint density at radius 3 is 2.18 bits per heavy atom. The van der Waals surface area contributed by atoms with Crippen LogP contribution in [0.15, 0.2) is 48.5 Å². The first-order chi connectivity index (χ1) is 15.4. The van der Waals surface area contributed by atoms with Gasteiger partial charge in [-0.05, 0) is 64.1 Å². The number of rotatable bonds is 8. The molecule has 10 heteroatoms. The van der Waals surface area contributed by atoms with Crippen molar-refractivity contribution >= 4 is 39.9 Å². The van der Waals surface area contributed by atoms with Crippen LogP contribution in [0.4, 0.5) is 20.2 Å². The van der Waals surface area contributed by atoms with Crippen LogP contribution in [0.1, 0.15) is 27.7 Å². The topological polar surface area (TPSA) is 95.6 Å². The van der Waals surface area contributed by atoms with Crippen LogP contribution in [0.2, 0.25) is 0 Å². The van der Waals surface area contributed by atoms with Crippen molar-refractivity contribution in [2.45, 2.75) is 39.3 Å². The summed E-state index contributed by atoms with van der Waals surface area (Å²) in [6.45, 7) is 6.74. The van der Waals surface area contributed by atoms with Crippen molar-refractivity contribution in [1.29, 1.82) is 0 Å². The van der Waals surface area contributed by atoms with E-state index in [0.717, 1.165) is 23.1 Å². The second-order valence-corrected chi connectivity index (χ2v) is 9.87. The zero-order valence-corrected chi connectivity index (χ0v) is 19.7. The largest absolute Gasteiger partial charge is 0.350 e. The van der Waals surface area contributed by atoms with E-state index in [1.807, 2.05) is 0 Å². The number of benzene rings is 2. The summed E-state index contributed by atoms with van der Waals surface area (Å²) in [5, 5.41) is 5.20. The molecule has 3 amide bonds. The predicted molar refractivity (Wildman–Crippen MR) is 124 cm³/mol. The standard InChI is InChI=1S/C23H27F2N3O4S/c1-15(22(31)27-23(2,3)4)28(19-8-6-5-7-18(19)25)21(30)14-33(32)13-20(29)26-17-11-9-16(24)10-12-17/h5-12,15H,13-14H2,1-4H3,(H,26,29)(H,27,31)/t15-,33+/m0/s1. The zero-order valence-electron chi connectivity index (χ0n) is 18.9. The Morgan fingerprint density at radius 2 is 1.61 bits per heavy atom. The van der Waals surface area contributed by atoms with E-state index >= 15 is 0 Å². The zero-order chi connectivity index (χ0) is 24.8. The number of amides is 3. The number of halogens is 2. The quantitative estimate of drug-likeness (QED) is 0.609. The van der Waals surface area contributed by atoms with Crippen LogP contribution in [0.3, 0.4) is 0 Å². The molecule has 0 heterocycles. The summed E-state index contributed by atoms with van der Waals surface area (Å²) in [5.41, 5.74) is -0.409. The smallest absolute Gasteiger partial charge is 0.243 e. The lowest BCUT2D eigenvalue weighted by Gasteiger charge is -2.31. The van der Waals surface area contributed by atoms with E-state index in [0.29, 0.717) is 5.69 Å². The number of nitrogens with zero attached hydrogens (tertiary/aromatic N) is 1. The second-order valence-electron chi connectivity index (χ2n) is 8.41. The molecule has 0 bridgehead atoms. The summed E-state index contributed by atoms with van der Waals surface area (Å²) < 4.78 is 40.0. The molecule has 0 aromatic heterocycles. The molecule has 2 N–H and O–H groups in total. The van der Waals surface area contributed by atoms with Crippen LogP contribution in [0.25, 0.3) is 0 Å². The van der Waals surface area contributed by atoms with Crippen LogP contribution in [-0.2, 0) is 25.2 Å². The summed E-state index contributed by atoms with van der Waals surface area (Å²) in [6, 6.07) is 9.36. The highest BCUT2D eigenvalue weighted by molar-refractivity contribution is 7.86. The molecule has 2 aromatic rings. The number of carbonyl (C=O) groups is 3. The van der Waals surface area contributed by atoms with Crippen molar-refractivity contribution in [3.63, 3.8) is 0 Å². The van der Waals surface area contributed by atoms with E-state index in [1.54, 1.807) is 20.8 Å². The average molecular weight is 480 g/mol. The van der Waals surface area contributed by atoms with Crippen molar-refractivity contribution in [3.8, 4) is 0 Å². The monoisotopic (exact) mass is 479 g/mol. The minimum Gasteiger partial charge on any atom is -0.350 e. The van der Waals surface area contributed by atoms with Crippen molar-refractivity contribution < 1.29 is 27.4 Å². The van der Waals surface area contributed by atoms with Gasteiger partial charge in [0.1, 0.15) is 29.2 Å². The van der Waals surface area contributed by atoms with Gasteiger partial charge in [0, 0.05) is 22.0 Å². The van der Waals surface area contributed by atoms with Gasteiger partial charge in [-0.25, -0.2) is 8.78 Å². The third-order valence-electron chi connectivity index (χ3n) is 4.35. The van der Waals surface area contributed by atoms with Gasteiger partial charge in [-0.15, -0.1) is 0 Å². The van der Waals surface area contributed by atoms with Crippen LogP contribution in [0.5, 0.6) is 0 Å². The third-order valence-corrected chi connectivity index (χ3v) is 5.50. The molecule has 2 rings (SSSR count). The molecule has 0 unspecified atom stereocenters. The summed E-state index contributed by atoms with van der Waals surface area (Å²) in [7, 11) is -1.94. The fourth-order valence-corrected chi connectivity index (χ4v) is 3.81. The van der Waals surface area contributed by atoms with Gasteiger partial charge in [0.05, 0.1) is 5.69 Å². The molecule has 178 valence electrons.